The molecule has 0 saturated carbocycles. The molecule has 1 aromatic carbocycles. The lowest BCUT2D eigenvalue weighted by Crippen LogP contribution is -2.53. The van der Waals surface area contributed by atoms with Gasteiger partial charge in [-0.2, -0.15) is 0 Å². The van der Waals surface area contributed by atoms with E-state index in [0.717, 1.165) is 0 Å². The minimum absolute atomic E-state index is 0.142. The number of phenolic OH excluding ortho intramolecular Hbond substituents is 1. The van der Waals surface area contributed by atoms with Crippen molar-refractivity contribution in [3.8, 4) is 5.75 Å². The minimum atomic E-state index is -2.30. The number of ketones is 1. The number of nitrogens with zero attached hydrogens (tertiary/aromatic N) is 1. The summed E-state index contributed by atoms with van der Waals surface area (Å²) >= 11 is 1.92. The van der Waals surface area contributed by atoms with Crippen molar-refractivity contribution in [3.63, 3.8) is 0 Å². The first kappa shape index (κ1) is 27.7. The van der Waals surface area contributed by atoms with Crippen LogP contribution in [-0.2, 0) is 20.7 Å². The second-order valence-electron chi connectivity index (χ2n) is 9.96. The Kier molecular flexibility index (Phi) is 7.10. The van der Waals surface area contributed by atoms with Crippen molar-refractivity contribution in [1.29, 1.82) is 0 Å². The van der Waals surface area contributed by atoms with Gasteiger partial charge in [-0.3, -0.25) is 19.2 Å². The molecular weight excluding hydrogens is 629 g/mol. The topological polar surface area (TPSA) is 200 Å². The zero-order valence-corrected chi connectivity index (χ0v) is 22.6. The van der Waals surface area contributed by atoms with Gasteiger partial charge in [0, 0.05) is 35.8 Å². The second kappa shape index (κ2) is 9.98. The van der Waals surface area contributed by atoms with Crippen LogP contribution in [0.15, 0.2) is 37.7 Å². The highest BCUT2D eigenvalue weighted by atomic mass is 127. The van der Waals surface area contributed by atoms with Gasteiger partial charge in [0.2, 0.25) is 5.43 Å². The average molecular weight is 653 g/mol. The van der Waals surface area contributed by atoms with Crippen molar-refractivity contribution in [1.82, 2.24) is 0 Å². The summed E-state index contributed by atoms with van der Waals surface area (Å²) in [6.07, 6.45) is -4.62. The SMILES string of the molecule is CC1CC(O)C(I)C(O[C@H]2C[C@](O)(C(=O)CO)Cc3c2c(=NO)c2c(=O)c4c(O)cccc4c(=O)c=2c3=O)O1. The van der Waals surface area contributed by atoms with Crippen LogP contribution in [0.25, 0.3) is 10.8 Å². The zero-order chi connectivity index (χ0) is 28.4. The molecule has 1 aromatic rings. The van der Waals surface area contributed by atoms with Crippen LogP contribution < -0.4 is 21.6 Å². The van der Waals surface area contributed by atoms with Gasteiger partial charge in [0.25, 0.3) is 0 Å². The van der Waals surface area contributed by atoms with Gasteiger partial charge in [0.05, 0.1) is 38.1 Å². The number of phenols is 1. The molecule has 6 atom stereocenters. The fourth-order valence-electron chi connectivity index (χ4n) is 5.60. The number of aliphatic hydroxyl groups excluding tert-OH is 2. The van der Waals surface area contributed by atoms with Gasteiger partial charge in [0.1, 0.15) is 23.3 Å². The molecule has 0 spiro atoms. The third-order valence-electron chi connectivity index (χ3n) is 7.48. The van der Waals surface area contributed by atoms with Gasteiger partial charge in [-0.25, -0.2) is 0 Å². The number of ether oxygens (including phenoxy) is 2. The Labute approximate surface area is 232 Å². The Hall–Kier alpha value is -2.82. The van der Waals surface area contributed by atoms with Gasteiger partial charge >= 0.3 is 0 Å². The Morgan fingerprint density at radius 3 is 2.59 bits per heavy atom. The van der Waals surface area contributed by atoms with Gasteiger partial charge in [-0.1, -0.05) is 39.9 Å². The summed E-state index contributed by atoms with van der Waals surface area (Å²) in [5, 5.41) is 52.7. The van der Waals surface area contributed by atoms with Gasteiger partial charge in [-0.15, -0.1) is 0 Å². The molecule has 5 rings (SSSR count). The molecule has 39 heavy (non-hydrogen) atoms. The van der Waals surface area contributed by atoms with E-state index in [2.05, 4.69) is 5.16 Å². The van der Waals surface area contributed by atoms with Crippen molar-refractivity contribution in [2.24, 2.45) is 5.16 Å². The lowest BCUT2D eigenvalue weighted by Gasteiger charge is -2.41. The second-order valence-corrected chi connectivity index (χ2v) is 11.4. The van der Waals surface area contributed by atoms with E-state index in [-0.39, 0.29) is 21.9 Å². The predicted octanol–water partition coefficient (Wildman–Crippen LogP) is -0.888. The van der Waals surface area contributed by atoms with E-state index in [0.29, 0.717) is 6.42 Å². The normalized spacial score (nSPS) is 29.6. The number of hydrogen-bond donors (Lipinski definition) is 5. The number of aromatic hydroxyl groups is 1. The van der Waals surface area contributed by atoms with Crippen molar-refractivity contribution in [3.05, 3.63) is 75.8 Å². The van der Waals surface area contributed by atoms with Crippen LogP contribution in [-0.4, -0.2) is 66.0 Å². The Balaban J connectivity index is 1.88. The molecule has 13 heteroatoms. The van der Waals surface area contributed by atoms with Gasteiger partial charge in [-0.05, 0) is 13.0 Å². The van der Waals surface area contributed by atoms with Crippen LogP contribution in [0.4, 0.5) is 0 Å². The summed E-state index contributed by atoms with van der Waals surface area (Å²) < 4.78 is 11.3. The van der Waals surface area contributed by atoms with E-state index < -0.39 is 97.2 Å². The average Bonchev–Trinajstić information content (AvgIpc) is 2.89. The van der Waals surface area contributed by atoms with Crippen LogP contribution in [0.1, 0.15) is 37.0 Å². The van der Waals surface area contributed by atoms with Crippen molar-refractivity contribution >= 4 is 39.1 Å². The standard InChI is InChI=1S/C26H24INO11/c1-9-5-13(31)20(27)25(38-9)39-14-7-26(36,15(32)8-29)6-11-17(14)21(28-37)18-19(23(11)34)22(33)10-3-2-4-12(30)16(10)24(18)35/h2-4,9,13-14,20,25,29-31,36-37H,5-8H2,1H3/t9?,13?,14-,20?,25?,26-/m0/s1. The van der Waals surface area contributed by atoms with E-state index in [1.165, 1.54) is 18.2 Å². The number of halogens is 1. The first-order valence-corrected chi connectivity index (χ1v) is 13.3. The molecule has 1 heterocycles. The van der Waals surface area contributed by atoms with Crippen molar-refractivity contribution in [2.75, 3.05) is 6.61 Å². The molecular formula is C26H24INO11. The smallest absolute Gasteiger partial charge is 0.200 e. The fourth-order valence-corrected chi connectivity index (χ4v) is 6.24. The van der Waals surface area contributed by atoms with Crippen LogP contribution in [0.3, 0.4) is 0 Å². The highest BCUT2D eigenvalue weighted by Crippen LogP contribution is 2.39. The van der Waals surface area contributed by atoms with E-state index in [4.69, 9.17) is 9.47 Å². The molecule has 12 nitrogen and oxygen atoms in total. The summed E-state index contributed by atoms with van der Waals surface area (Å²) in [6.45, 7) is 0.654. The maximum Gasteiger partial charge on any atom is 0.200 e. The molecule has 0 bridgehead atoms. The monoisotopic (exact) mass is 653 g/mol. The third kappa shape index (κ3) is 4.28. The fraction of sp³-hybridized carbons (Fsp3) is 0.423. The van der Waals surface area contributed by atoms with Crippen LogP contribution in [0.2, 0.25) is 0 Å². The predicted molar refractivity (Wildman–Crippen MR) is 141 cm³/mol. The molecule has 4 unspecified atom stereocenters. The van der Waals surface area contributed by atoms with E-state index in [9.17, 15) is 44.8 Å². The Bertz CT molecular complexity index is 1780. The number of fused-ring (bicyclic) bond motifs is 2. The summed E-state index contributed by atoms with van der Waals surface area (Å²) in [5.41, 5.74) is -5.57. The maximum atomic E-state index is 13.8. The molecule has 0 aromatic heterocycles. The summed E-state index contributed by atoms with van der Waals surface area (Å²) in [7, 11) is 0. The number of rotatable bonds is 4. The van der Waals surface area contributed by atoms with Crippen LogP contribution >= 0.6 is 22.6 Å². The number of benzene rings is 1. The molecule has 4 aliphatic rings. The first-order chi connectivity index (χ1) is 18.4. The number of carbonyl (C=O) groups is 1. The number of hydrogen-bond acceptors (Lipinski definition) is 12. The summed E-state index contributed by atoms with van der Waals surface area (Å²) in [5.74, 6) is -1.52. The van der Waals surface area contributed by atoms with Crippen molar-refractivity contribution < 1.29 is 39.9 Å². The molecule has 1 fully saturated rings. The van der Waals surface area contributed by atoms with Gasteiger partial charge < -0.3 is 35.1 Å². The lowest BCUT2D eigenvalue weighted by atomic mass is 9.75. The first-order valence-electron chi connectivity index (χ1n) is 12.1. The Morgan fingerprint density at radius 2 is 1.92 bits per heavy atom. The number of aliphatic hydroxyl groups is 3. The van der Waals surface area contributed by atoms with E-state index in [1.54, 1.807) is 6.92 Å². The molecule has 0 amide bonds. The highest BCUT2D eigenvalue weighted by Gasteiger charge is 2.47. The summed E-state index contributed by atoms with van der Waals surface area (Å²) in [4.78, 5) is 53.4. The Morgan fingerprint density at radius 1 is 1.21 bits per heavy atom. The van der Waals surface area contributed by atoms with Crippen LogP contribution in [0, 0.1) is 10.4 Å². The largest absolute Gasteiger partial charge is 0.507 e. The third-order valence-corrected chi connectivity index (χ3v) is 8.90. The number of alkyl halides is 1. The highest BCUT2D eigenvalue weighted by molar-refractivity contribution is 14.1. The van der Waals surface area contributed by atoms with Crippen LogP contribution in [0.5, 0.6) is 5.75 Å². The minimum Gasteiger partial charge on any atom is -0.507 e. The van der Waals surface area contributed by atoms with E-state index in [1.807, 2.05) is 22.6 Å². The molecule has 3 aliphatic carbocycles. The van der Waals surface area contributed by atoms with Crippen molar-refractivity contribution in [2.45, 2.75) is 60.3 Å². The number of carbonyl (C=O) groups excluding carboxylic acids is 1. The quantitative estimate of drug-likeness (QED) is 0.101. The zero-order valence-electron chi connectivity index (χ0n) is 20.5. The maximum absolute atomic E-state index is 13.8. The summed E-state index contributed by atoms with van der Waals surface area (Å²) in [6, 6.07) is 3.78. The molecule has 1 saturated heterocycles. The molecule has 1 aliphatic heterocycles. The lowest BCUT2D eigenvalue weighted by molar-refractivity contribution is -0.232. The van der Waals surface area contributed by atoms with Gasteiger partial charge in [0.15, 0.2) is 22.9 Å². The molecule has 5 N–H and O–H groups in total. The number of Topliss-reactive ketones (excluding diaryl/α,β-unsaturated/α-hetero) is 1. The molecule has 206 valence electrons. The van der Waals surface area contributed by atoms with E-state index >= 15 is 0 Å². The molecule has 0 radical (unpaired) electrons.